The summed E-state index contributed by atoms with van der Waals surface area (Å²) in [4.78, 5) is 12.9. The number of hydrogen-bond donors (Lipinski definition) is 3. The van der Waals surface area contributed by atoms with Gasteiger partial charge in [0.15, 0.2) is 0 Å². The molecule has 9 nitrogen and oxygen atoms in total. The summed E-state index contributed by atoms with van der Waals surface area (Å²) in [6, 6.07) is 24.1. The van der Waals surface area contributed by atoms with Gasteiger partial charge in [0, 0.05) is 11.3 Å². The highest BCUT2D eigenvalue weighted by molar-refractivity contribution is 7.93. The Balaban J connectivity index is 1.42. The Morgan fingerprint density at radius 1 is 0.659 bits per heavy atom. The average Bonchev–Trinajstić information content (AvgIpc) is 2.93. The molecule has 4 aromatic carbocycles. The van der Waals surface area contributed by atoms with Gasteiger partial charge in [0.2, 0.25) is 0 Å². The van der Waals surface area contributed by atoms with Crippen molar-refractivity contribution in [1.29, 1.82) is 0 Å². The number of hydrazone groups is 1. The van der Waals surface area contributed by atoms with Crippen LogP contribution in [0.3, 0.4) is 0 Å². The molecule has 0 aliphatic heterocycles. The minimum absolute atomic E-state index is 0.0606. The normalized spacial score (nSPS) is 12.0. The Hall–Kier alpha value is -4.48. The van der Waals surface area contributed by atoms with Crippen molar-refractivity contribution in [1.82, 2.24) is 5.43 Å². The fourth-order valence-electron chi connectivity index (χ4n) is 3.91. The highest BCUT2D eigenvalue weighted by Gasteiger charge is 2.18. The van der Waals surface area contributed by atoms with Crippen LogP contribution >= 0.6 is 0 Å². The number of anilines is 2. The molecule has 0 fully saturated rings. The lowest BCUT2D eigenvalue weighted by Gasteiger charge is -2.12. The van der Waals surface area contributed by atoms with Crippen molar-refractivity contribution in [3.05, 3.63) is 119 Å². The van der Waals surface area contributed by atoms with E-state index >= 15 is 0 Å². The molecule has 0 aliphatic carbocycles. The molecule has 0 aromatic heterocycles. The molecular formula is C30H30N4O5S2. The van der Waals surface area contributed by atoms with Gasteiger partial charge in [-0.1, -0.05) is 53.6 Å². The smallest absolute Gasteiger partial charge is 0.271 e. The van der Waals surface area contributed by atoms with E-state index in [1.54, 1.807) is 49.4 Å². The van der Waals surface area contributed by atoms with Crippen LogP contribution < -0.4 is 14.9 Å². The van der Waals surface area contributed by atoms with Gasteiger partial charge in [-0.05, 0) is 87.4 Å². The number of benzene rings is 4. The Kier molecular flexibility index (Phi) is 8.60. The van der Waals surface area contributed by atoms with Crippen LogP contribution in [0.5, 0.6) is 0 Å². The zero-order valence-corrected chi connectivity index (χ0v) is 24.6. The van der Waals surface area contributed by atoms with Crippen LogP contribution in [-0.2, 0) is 20.0 Å². The molecule has 0 spiro atoms. The molecule has 0 saturated heterocycles. The van der Waals surface area contributed by atoms with Gasteiger partial charge in [0.05, 0.1) is 21.2 Å². The quantitative estimate of drug-likeness (QED) is 0.178. The lowest BCUT2D eigenvalue weighted by atomic mass is 10.1. The topological polar surface area (TPSA) is 134 Å². The molecule has 0 saturated carbocycles. The maximum Gasteiger partial charge on any atom is 0.271 e. The molecule has 0 atom stereocenters. The summed E-state index contributed by atoms with van der Waals surface area (Å²) < 4.78 is 56.3. The fraction of sp³-hybridized carbons (Fsp3) is 0.133. The van der Waals surface area contributed by atoms with E-state index in [1.165, 1.54) is 36.4 Å². The van der Waals surface area contributed by atoms with Crippen LogP contribution in [0.2, 0.25) is 0 Å². The molecule has 41 heavy (non-hydrogen) atoms. The molecule has 11 heteroatoms. The van der Waals surface area contributed by atoms with E-state index in [9.17, 15) is 21.6 Å². The average molecular weight is 591 g/mol. The Bertz CT molecular complexity index is 1830. The Labute approximate surface area is 240 Å². The summed E-state index contributed by atoms with van der Waals surface area (Å²) >= 11 is 0. The Morgan fingerprint density at radius 3 is 1.95 bits per heavy atom. The third-order valence-corrected chi connectivity index (χ3v) is 9.00. The minimum atomic E-state index is -3.93. The first-order chi connectivity index (χ1) is 19.3. The van der Waals surface area contributed by atoms with Gasteiger partial charge in [0.1, 0.15) is 0 Å². The highest BCUT2D eigenvalue weighted by Crippen LogP contribution is 2.22. The third-order valence-electron chi connectivity index (χ3n) is 6.24. The lowest BCUT2D eigenvalue weighted by Crippen LogP contribution is -2.20. The highest BCUT2D eigenvalue weighted by atomic mass is 32.2. The number of hydrogen-bond acceptors (Lipinski definition) is 6. The zero-order chi connectivity index (χ0) is 29.8. The van der Waals surface area contributed by atoms with Crippen molar-refractivity contribution in [2.75, 3.05) is 9.44 Å². The molecule has 0 radical (unpaired) electrons. The summed E-state index contributed by atoms with van der Waals surface area (Å²) in [6.45, 7) is 7.29. The molecule has 0 unspecified atom stereocenters. The van der Waals surface area contributed by atoms with Crippen LogP contribution in [0.1, 0.15) is 39.5 Å². The number of rotatable bonds is 9. The number of nitrogens with one attached hydrogen (secondary N) is 3. The zero-order valence-electron chi connectivity index (χ0n) is 23.0. The van der Waals surface area contributed by atoms with Crippen molar-refractivity contribution >= 4 is 43.0 Å². The maximum atomic E-state index is 13.0. The summed E-state index contributed by atoms with van der Waals surface area (Å²) in [6.07, 6.45) is 0. The van der Waals surface area contributed by atoms with E-state index in [0.717, 1.165) is 16.7 Å². The van der Waals surface area contributed by atoms with Crippen molar-refractivity contribution in [2.45, 2.75) is 37.5 Å². The van der Waals surface area contributed by atoms with Crippen molar-refractivity contribution < 1.29 is 21.6 Å². The summed E-state index contributed by atoms with van der Waals surface area (Å²) in [5.41, 5.74) is 7.26. The molecular weight excluding hydrogens is 560 g/mol. The van der Waals surface area contributed by atoms with Gasteiger partial charge in [-0.25, -0.2) is 22.3 Å². The first-order valence-electron chi connectivity index (χ1n) is 12.6. The molecule has 0 bridgehead atoms. The standard InChI is InChI=1S/C30H30N4O5S2/c1-20-8-15-27(16-9-20)40(36,37)33-26-13-11-24(12-14-26)23(4)31-32-30(35)25-6-5-7-28(19-25)41(38,39)34-29-17-10-21(2)18-22(29)3/h5-19,33-34H,1-4H3,(H,32,35). The number of amides is 1. The van der Waals surface area contributed by atoms with Gasteiger partial charge < -0.3 is 0 Å². The largest absolute Gasteiger partial charge is 0.280 e. The van der Waals surface area contributed by atoms with Gasteiger partial charge in [-0.2, -0.15) is 5.10 Å². The van der Waals surface area contributed by atoms with Crippen molar-refractivity contribution in [3.8, 4) is 0 Å². The monoisotopic (exact) mass is 590 g/mol. The molecule has 0 aliphatic rings. The molecule has 1 amide bonds. The van der Waals surface area contributed by atoms with E-state index < -0.39 is 26.0 Å². The van der Waals surface area contributed by atoms with E-state index in [-0.39, 0.29) is 15.4 Å². The molecule has 3 N–H and O–H groups in total. The Morgan fingerprint density at radius 2 is 1.29 bits per heavy atom. The second-order valence-electron chi connectivity index (χ2n) is 9.59. The first-order valence-corrected chi connectivity index (χ1v) is 15.6. The SMILES string of the molecule is CC(=NNC(=O)c1cccc(S(=O)(=O)Nc2ccc(C)cc2C)c1)c1ccc(NS(=O)(=O)c2ccc(C)cc2)cc1. The minimum Gasteiger partial charge on any atom is -0.280 e. The number of carbonyl (C=O) groups excluding carboxylic acids is 1. The molecule has 4 aromatic rings. The first kappa shape index (κ1) is 29.5. The number of aryl methyl sites for hydroxylation is 3. The van der Waals surface area contributed by atoms with Gasteiger partial charge >= 0.3 is 0 Å². The van der Waals surface area contributed by atoms with E-state index in [1.807, 2.05) is 32.9 Å². The summed E-state index contributed by atoms with van der Waals surface area (Å²) in [7, 11) is -7.67. The molecule has 4 rings (SSSR count). The maximum absolute atomic E-state index is 13.0. The number of sulfonamides is 2. The fourth-order valence-corrected chi connectivity index (χ4v) is 6.15. The van der Waals surface area contributed by atoms with Crippen LogP contribution in [0.4, 0.5) is 11.4 Å². The summed E-state index contributed by atoms with van der Waals surface area (Å²) in [5.74, 6) is -0.588. The predicted molar refractivity (Wildman–Crippen MR) is 161 cm³/mol. The van der Waals surface area contributed by atoms with E-state index in [0.29, 0.717) is 22.6 Å². The van der Waals surface area contributed by atoms with Crippen molar-refractivity contribution in [3.63, 3.8) is 0 Å². The van der Waals surface area contributed by atoms with Gasteiger partial charge in [-0.15, -0.1) is 0 Å². The number of nitrogens with zero attached hydrogens (tertiary/aromatic N) is 1. The van der Waals surface area contributed by atoms with Crippen LogP contribution in [0.15, 0.2) is 106 Å². The third kappa shape index (κ3) is 7.38. The van der Waals surface area contributed by atoms with Gasteiger partial charge in [-0.3, -0.25) is 14.2 Å². The second-order valence-corrected chi connectivity index (χ2v) is 13.0. The lowest BCUT2D eigenvalue weighted by molar-refractivity contribution is 0.0954. The van der Waals surface area contributed by atoms with Crippen LogP contribution in [0, 0.1) is 20.8 Å². The van der Waals surface area contributed by atoms with Crippen LogP contribution in [0.25, 0.3) is 0 Å². The van der Waals surface area contributed by atoms with Crippen LogP contribution in [-0.4, -0.2) is 28.5 Å². The van der Waals surface area contributed by atoms with Crippen molar-refractivity contribution in [2.24, 2.45) is 5.10 Å². The summed E-state index contributed by atoms with van der Waals surface area (Å²) in [5, 5.41) is 4.12. The van der Waals surface area contributed by atoms with E-state index in [4.69, 9.17) is 0 Å². The molecule has 0 heterocycles. The number of carbonyl (C=O) groups is 1. The van der Waals surface area contributed by atoms with Gasteiger partial charge in [0.25, 0.3) is 26.0 Å². The second kappa shape index (κ2) is 11.9. The predicted octanol–water partition coefficient (Wildman–Crippen LogP) is 5.37. The molecule has 212 valence electrons. The van der Waals surface area contributed by atoms with E-state index in [2.05, 4.69) is 20.0 Å².